The number of aliphatic carboxylic acids is 1. The Morgan fingerprint density at radius 2 is 2.00 bits per heavy atom. The van der Waals surface area contributed by atoms with Crippen molar-refractivity contribution in [3.63, 3.8) is 0 Å². The molecular weight excluding hydrogens is 200 g/mol. The molecule has 0 heterocycles. The molecule has 8 heavy (non-hydrogen) atoms. The Labute approximate surface area is 64.8 Å². The number of hydrogen-bond donors (Lipinski definition) is 1. The molecule has 0 aliphatic carbocycles. The Kier molecular flexibility index (Phi) is 7.40. The van der Waals surface area contributed by atoms with Gasteiger partial charge in [-0.3, -0.25) is 4.79 Å². The Balaban J connectivity index is 0. The molecule has 0 aliphatic heterocycles. The molecule has 3 heteroatoms. The third-order valence-electron chi connectivity index (χ3n) is 0.583. The molecule has 0 spiro atoms. The van der Waals surface area contributed by atoms with Crippen LogP contribution in [0.3, 0.4) is 0 Å². The predicted molar refractivity (Wildman–Crippen MR) is 27.1 cm³/mol. The van der Waals surface area contributed by atoms with E-state index in [0.717, 1.165) is 0 Å². The summed E-state index contributed by atoms with van der Waals surface area (Å²) >= 11 is 0. The Morgan fingerprint density at radius 3 is 2.00 bits per heavy atom. The van der Waals surface area contributed by atoms with E-state index in [1.54, 1.807) is 0 Å². The largest absolute Gasteiger partial charge is 0.481 e. The molecule has 0 fully saturated rings. The van der Waals surface area contributed by atoms with Crippen LogP contribution in [0, 0.1) is 5.92 Å². The van der Waals surface area contributed by atoms with Crippen LogP contribution in [0.25, 0.3) is 0 Å². The van der Waals surface area contributed by atoms with Crippen LogP contribution < -0.4 is 0 Å². The summed E-state index contributed by atoms with van der Waals surface area (Å²) in [5.41, 5.74) is 0. The van der Waals surface area contributed by atoms with Gasteiger partial charge in [0.15, 0.2) is 0 Å². The van der Waals surface area contributed by atoms with Crippen molar-refractivity contribution in [3.8, 4) is 0 Å². The Hall–Kier alpha value is 0.210. The van der Waals surface area contributed by atoms with E-state index >= 15 is 0 Å². The minimum Gasteiger partial charge on any atom is -0.481 e. The van der Waals surface area contributed by atoms with Gasteiger partial charge in [-0.25, -0.2) is 0 Å². The van der Waals surface area contributed by atoms with E-state index in [2.05, 4.69) is 0 Å². The minimum absolute atomic E-state index is 0. The zero-order valence-electron chi connectivity index (χ0n) is 4.94. The van der Waals surface area contributed by atoms with Crippen LogP contribution in [0.2, 0.25) is 0 Å². The monoisotopic (exact) mass is 209 g/mol. The first kappa shape index (κ1) is 11.1. The van der Waals surface area contributed by atoms with Crippen molar-refractivity contribution in [1.29, 1.82) is 0 Å². The van der Waals surface area contributed by atoms with Gasteiger partial charge in [0.2, 0.25) is 0 Å². The van der Waals surface area contributed by atoms with Crippen molar-refractivity contribution >= 4 is 5.97 Å². The normalized spacial score (nSPS) is 8.38. The molecule has 0 amide bonds. The van der Waals surface area contributed by atoms with Crippen molar-refractivity contribution < 1.29 is 32.3 Å². The van der Waals surface area contributed by atoms with E-state index in [9.17, 15) is 4.79 Å². The average Bonchev–Trinajstić information content (AvgIpc) is 1.27. The Morgan fingerprint density at radius 1 is 1.62 bits per heavy atom. The SMILES string of the molecule is CC(C)CC(=O)O.[Ag]. The molecule has 53 valence electrons. The Bertz CT molecular complexity index is 70.8. The van der Waals surface area contributed by atoms with Crippen molar-refractivity contribution in [1.82, 2.24) is 0 Å². The fourth-order valence-corrected chi connectivity index (χ4v) is 0.349. The van der Waals surface area contributed by atoms with Crippen molar-refractivity contribution in [2.24, 2.45) is 5.92 Å². The summed E-state index contributed by atoms with van der Waals surface area (Å²) in [6, 6.07) is 0. The van der Waals surface area contributed by atoms with E-state index in [1.807, 2.05) is 13.8 Å². The van der Waals surface area contributed by atoms with Crippen LogP contribution in [0.1, 0.15) is 20.3 Å². The second-order valence-corrected chi connectivity index (χ2v) is 1.99. The number of rotatable bonds is 2. The molecule has 0 aliphatic rings. The van der Waals surface area contributed by atoms with Gasteiger partial charge in [-0.1, -0.05) is 13.8 Å². The van der Waals surface area contributed by atoms with Crippen LogP contribution in [0.15, 0.2) is 0 Å². The second-order valence-electron chi connectivity index (χ2n) is 1.99. The van der Waals surface area contributed by atoms with E-state index in [-0.39, 0.29) is 34.7 Å². The fraction of sp³-hybridized carbons (Fsp3) is 0.800. The maximum absolute atomic E-state index is 9.81. The molecule has 0 aromatic heterocycles. The maximum Gasteiger partial charge on any atom is 0.303 e. The van der Waals surface area contributed by atoms with E-state index in [4.69, 9.17) is 5.11 Å². The van der Waals surface area contributed by atoms with Gasteiger partial charge in [0.1, 0.15) is 0 Å². The molecule has 0 aromatic carbocycles. The fourth-order valence-electron chi connectivity index (χ4n) is 0.349. The number of carboxylic acids is 1. The summed E-state index contributed by atoms with van der Waals surface area (Å²) < 4.78 is 0. The molecule has 1 radical (unpaired) electrons. The van der Waals surface area contributed by atoms with E-state index < -0.39 is 5.97 Å². The summed E-state index contributed by atoms with van der Waals surface area (Å²) in [5.74, 6) is -0.438. The topological polar surface area (TPSA) is 37.3 Å². The van der Waals surface area contributed by atoms with Crippen LogP contribution in [-0.2, 0) is 27.2 Å². The summed E-state index contributed by atoms with van der Waals surface area (Å²) in [5, 5.41) is 8.08. The van der Waals surface area contributed by atoms with Gasteiger partial charge in [-0.2, -0.15) is 0 Å². The molecular formula is C5H10AgO2. The van der Waals surface area contributed by atoms with E-state index in [1.165, 1.54) is 0 Å². The van der Waals surface area contributed by atoms with Crippen LogP contribution in [0.5, 0.6) is 0 Å². The standard InChI is InChI=1S/C5H10O2.Ag/c1-4(2)3-5(6)7;/h4H,3H2,1-2H3,(H,6,7);. The van der Waals surface area contributed by atoms with Gasteiger partial charge < -0.3 is 5.11 Å². The predicted octanol–water partition coefficient (Wildman–Crippen LogP) is 1.11. The molecule has 0 unspecified atom stereocenters. The van der Waals surface area contributed by atoms with Crippen molar-refractivity contribution in [3.05, 3.63) is 0 Å². The zero-order chi connectivity index (χ0) is 5.86. The van der Waals surface area contributed by atoms with Crippen LogP contribution in [-0.4, -0.2) is 11.1 Å². The molecule has 2 nitrogen and oxygen atoms in total. The van der Waals surface area contributed by atoms with Gasteiger partial charge in [-0.05, 0) is 5.92 Å². The van der Waals surface area contributed by atoms with Gasteiger partial charge in [0.05, 0.1) is 0 Å². The first-order chi connectivity index (χ1) is 3.13. The first-order valence-corrected chi connectivity index (χ1v) is 2.34. The van der Waals surface area contributed by atoms with Crippen LogP contribution in [0.4, 0.5) is 0 Å². The third kappa shape index (κ3) is 9.51. The minimum atomic E-state index is -0.713. The van der Waals surface area contributed by atoms with E-state index in [0.29, 0.717) is 0 Å². The number of hydrogen-bond acceptors (Lipinski definition) is 1. The van der Waals surface area contributed by atoms with Gasteiger partial charge >= 0.3 is 5.97 Å². The first-order valence-electron chi connectivity index (χ1n) is 2.34. The summed E-state index contributed by atoms with van der Waals surface area (Å²) in [7, 11) is 0. The molecule has 0 bridgehead atoms. The molecule has 0 saturated carbocycles. The van der Waals surface area contributed by atoms with Crippen LogP contribution >= 0.6 is 0 Å². The molecule has 0 saturated heterocycles. The van der Waals surface area contributed by atoms with Crippen molar-refractivity contribution in [2.45, 2.75) is 20.3 Å². The molecule has 0 aromatic rings. The molecule has 0 rings (SSSR count). The number of carbonyl (C=O) groups is 1. The maximum atomic E-state index is 9.81. The second kappa shape index (κ2) is 5.35. The quantitative estimate of drug-likeness (QED) is 0.693. The number of carboxylic acid groups (broad SMARTS) is 1. The summed E-state index contributed by atoms with van der Waals surface area (Å²) in [4.78, 5) is 9.81. The molecule has 0 atom stereocenters. The average molecular weight is 210 g/mol. The van der Waals surface area contributed by atoms with Gasteiger partial charge in [-0.15, -0.1) is 0 Å². The van der Waals surface area contributed by atoms with Gasteiger partial charge in [0.25, 0.3) is 0 Å². The van der Waals surface area contributed by atoms with Gasteiger partial charge in [0, 0.05) is 28.8 Å². The smallest absolute Gasteiger partial charge is 0.303 e. The molecule has 1 N–H and O–H groups in total. The summed E-state index contributed by atoms with van der Waals surface area (Å²) in [6.45, 7) is 3.77. The third-order valence-corrected chi connectivity index (χ3v) is 0.583. The zero-order valence-corrected chi connectivity index (χ0v) is 6.42. The van der Waals surface area contributed by atoms with Crippen molar-refractivity contribution in [2.75, 3.05) is 0 Å². The summed E-state index contributed by atoms with van der Waals surface area (Å²) in [6.07, 6.45) is 0.278.